The van der Waals surface area contributed by atoms with Crippen LogP contribution in [-0.2, 0) is 0 Å². The normalized spacial score (nSPS) is 13.9. The summed E-state index contributed by atoms with van der Waals surface area (Å²) in [6.45, 7) is 6.49. The fourth-order valence-electron chi connectivity index (χ4n) is 3.80. The van der Waals surface area contributed by atoms with Crippen LogP contribution in [0.3, 0.4) is 0 Å². The average Bonchev–Trinajstić information content (AvgIpc) is 3.18. The molecule has 0 fully saturated rings. The van der Waals surface area contributed by atoms with E-state index in [-0.39, 0.29) is 18.1 Å². The predicted molar refractivity (Wildman–Crippen MR) is 132 cm³/mol. The molecule has 0 saturated heterocycles. The van der Waals surface area contributed by atoms with E-state index in [0.29, 0.717) is 12.2 Å². The van der Waals surface area contributed by atoms with Gasteiger partial charge in [0.2, 0.25) is 0 Å². The van der Waals surface area contributed by atoms with Gasteiger partial charge >= 0.3 is 0 Å². The number of ether oxygens (including phenoxy) is 1. The molecule has 0 aliphatic carbocycles. The Bertz CT molecular complexity index is 1210. The molecule has 3 heterocycles. The molecule has 2 aromatic carbocycles. The van der Waals surface area contributed by atoms with Gasteiger partial charge < -0.3 is 14.6 Å². The summed E-state index contributed by atoms with van der Waals surface area (Å²) in [5, 5.41) is 6.95. The molecule has 0 spiro atoms. The summed E-state index contributed by atoms with van der Waals surface area (Å²) >= 11 is 0. The Hall–Kier alpha value is -4.00. The second kappa shape index (κ2) is 11.2. The predicted octanol–water partition coefficient (Wildman–Crippen LogP) is 6.00. The average molecular weight is 464 g/mol. The summed E-state index contributed by atoms with van der Waals surface area (Å²) in [7, 11) is 0. The maximum absolute atomic E-state index is 12.3. The van der Waals surface area contributed by atoms with Crippen LogP contribution in [0.4, 0.5) is 4.70 Å². The number of pyridine rings is 1. The minimum absolute atomic E-state index is 0. The maximum atomic E-state index is 12.3. The first-order valence-corrected chi connectivity index (χ1v) is 11.0. The Morgan fingerprint density at radius 3 is 2.41 bits per heavy atom. The van der Waals surface area contributed by atoms with Crippen molar-refractivity contribution in [2.24, 2.45) is 0 Å². The first-order valence-electron chi connectivity index (χ1n) is 11.0. The van der Waals surface area contributed by atoms with Crippen molar-refractivity contribution in [3.63, 3.8) is 0 Å². The third-order valence-electron chi connectivity index (χ3n) is 5.51. The quantitative estimate of drug-likeness (QED) is 0.403. The summed E-state index contributed by atoms with van der Waals surface area (Å²) < 4.78 is 10.6. The highest BCUT2D eigenvalue weighted by molar-refractivity contribution is 5.94. The fourth-order valence-corrected chi connectivity index (χ4v) is 3.80. The molecule has 0 unspecified atom stereocenters. The van der Waals surface area contributed by atoms with Crippen LogP contribution in [0.15, 0.2) is 77.4 Å². The highest BCUT2D eigenvalue weighted by Gasteiger charge is 2.24. The van der Waals surface area contributed by atoms with Crippen molar-refractivity contribution in [3.05, 3.63) is 101 Å². The molecule has 1 amide bonds. The van der Waals surface area contributed by atoms with Gasteiger partial charge in [0, 0.05) is 25.2 Å². The van der Waals surface area contributed by atoms with E-state index in [9.17, 15) is 4.79 Å². The lowest BCUT2D eigenvalue weighted by atomic mass is 10.0. The van der Waals surface area contributed by atoms with Crippen LogP contribution in [0, 0.1) is 20.8 Å². The van der Waals surface area contributed by atoms with E-state index in [4.69, 9.17) is 9.26 Å². The smallest absolute Gasteiger partial charge is 0.251 e. The third kappa shape index (κ3) is 5.67. The van der Waals surface area contributed by atoms with Crippen molar-refractivity contribution in [2.75, 3.05) is 6.61 Å². The van der Waals surface area contributed by atoms with Crippen LogP contribution in [0.2, 0.25) is 0 Å². The Kier molecular flexibility index (Phi) is 8.14. The van der Waals surface area contributed by atoms with Gasteiger partial charge in [-0.1, -0.05) is 53.2 Å². The molecule has 5 rings (SSSR count). The molecule has 4 aromatic rings. The Labute approximate surface area is 199 Å². The molecular formula is C27H30FN3O3. The molecule has 34 heavy (non-hydrogen) atoms. The number of nitrogens with zero attached hydrogens (tertiary/aromatic N) is 2. The molecule has 0 saturated carbocycles. The van der Waals surface area contributed by atoms with Gasteiger partial charge in [-0.05, 0) is 50.6 Å². The summed E-state index contributed by atoms with van der Waals surface area (Å²) in [5.41, 5.74) is 5.83. The molecule has 0 radical (unpaired) electrons. The first kappa shape index (κ1) is 24.6. The number of hydrogen-bond donors (Lipinski definition) is 1. The molecule has 0 bridgehead atoms. The number of hydrogen-bond acceptors (Lipinski definition) is 5. The topological polar surface area (TPSA) is 77.2 Å². The van der Waals surface area contributed by atoms with Crippen LogP contribution >= 0.6 is 0 Å². The van der Waals surface area contributed by atoms with E-state index >= 15 is 0 Å². The zero-order valence-corrected chi connectivity index (χ0v) is 19.4. The van der Waals surface area contributed by atoms with Crippen LogP contribution < -0.4 is 10.1 Å². The largest absolute Gasteiger partial charge is 0.491 e. The highest BCUT2D eigenvalue weighted by Crippen LogP contribution is 2.29. The van der Waals surface area contributed by atoms with Crippen molar-refractivity contribution in [1.29, 1.82) is 0 Å². The second-order valence-corrected chi connectivity index (χ2v) is 7.98. The molecule has 1 aliphatic rings. The lowest BCUT2D eigenvalue weighted by molar-refractivity contribution is 0.0923. The number of rotatable bonds is 3. The van der Waals surface area contributed by atoms with Gasteiger partial charge in [-0.3, -0.25) is 14.5 Å². The zero-order valence-electron chi connectivity index (χ0n) is 19.4. The first-order chi connectivity index (χ1) is 16.0. The summed E-state index contributed by atoms with van der Waals surface area (Å²) in [6.07, 6.45) is 2.46. The summed E-state index contributed by atoms with van der Waals surface area (Å²) in [4.78, 5) is 16.6. The number of nitrogens with one attached hydrogen (secondary N) is 1. The third-order valence-corrected chi connectivity index (χ3v) is 5.51. The van der Waals surface area contributed by atoms with Crippen molar-refractivity contribution >= 4 is 5.91 Å². The van der Waals surface area contributed by atoms with E-state index in [1.807, 2.05) is 75.4 Å². The monoisotopic (exact) mass is 463 g/mol. The van der Waals surface area contributed by atoms with E-state index < -0.39 is 0 Å². The van der Waals surface area contributed by atoms with Gasteiger partial charge in [0.1, 0.15) is 17.2 Å². The Balaban J connectivity index is 0.000000252. The van der Waals surface area contributed by atoms with Crippen LogP contribution in [0.1, 0.15) is 47.0 Å². The molecule has 1 N–H and O–H groups in total. The van der Waals surface area contributed by atoms with Gasteiger partial charge in [-0.15, -0.1) is 0 Å². The van der Waals surface area contributed by atoms with Gasteiger partial charge in [0.15, 0.2) is 0 Å². The number of carbonyl (C=O) groups excluding carboxylic acids is 1. The van der Waals surface area contributed by atoms with Crippen molar-refractivity contribution in [1.82, 2.24) is 15.5 Å². The van der Waals surface area contributed by atoms with Crippen molar-refractivity contribution in [3.8, 4) is 16.9 Å². The molecule has 7 heteroatoms. The number of fused-ring (bicyclic) bond motifs is 1. The fraction of sp³-hybridized carbons (Fsp3) is 0.222. The van der Waals surface area contributed by atoms with Crippen LogP contribution in [0.5, 0.6) is 5.75 Å². The van der Waals surface area contributed by atoms with Gasteiger partial charge in [-0.25, -0.2) is 0 Å². The van der Waals surface area contributed by atoms with Crippen LogP contribution in [-0.4, -0.2) is 22.7 Å². The number of aryl methyl sites for hydroxylation is 3. The number of amides is 1. The lowest BCUT2D eigenvalue weighted by Gasteiger charge is -2.25. The second-order valence-electron chi connectivity index (χ2n) is 7.98. The molecular weight excluding hydrogens is 433 g/mol. The van der Waals surface area contributed by atoms with E-state index in [0.717, 1.165) is 40.4 Å². The minimum Gasteiger partial charge on any atom is -0.491 e. The van der Waals surface area contributed by atoms with Gasteiger partial charge in [0.25, 0.3) is 5.91 Å². The lowest BCUT2D eigenvalue weighted by Crippen LogP contribution is -2.32. The van der Waals surface area contributed by atoms with Crippen molar-refractivity contribution in [2.45, 2.75) is 33.2 Å². The van der Waals surface area contributed by atoms with E-state index in [1.165, 1.54) is 5.56 Å². The molecule has 178 valence electrons. The summed E-state index contributed by atoms with van der Waals surface area (Å²) in [6, 6.07) is 21.3. The SMILES string of the molecule is Cc1ccc(C(=O)N[C@@H]2CCOc3cccnc32)cc1.Cc1noc(C)c1-c1ccccc1.F.[HH]. The maximum Gasteiger partial charge on any atom is 0.251 e. The van der Waals surface area contributed by atoms with Gasteiger partial charge in [0.05, 0.1) is 18.3 Å². The Morgan fingerprint density at radius 1 is 1.00 bits per heavy atom. The minimum atomic E-state index is -0.0891. The standard InChI is InChI=1S/C16H16N2O2.C11H11NO.FH.H2/c1-11-4-6-12(7-5-11)16(19)18-13-8-10-20-14-3-2-9-17-15(13)14;1-8-11(9(2)13-12-8)10-6-4-3-5-7-10;;/h2-7,9,13H,8,10H2,1H3,(H,18,19);3-7H,1-2H3;2*1H/t13-;;;/m1.../s1. The molecule has 6 nitrogen and oxygen atoms in total. The van der Waals surface area contributed by atoms with Gasteiger partial charge in [-0.2, -0.15) is 0 Å². The van der Waals surface area contributed by atoms with E-state index in [2.05, 4.69) is 27.6 Å². The number of carbonyl (C=O) groups is 1. The Morgan fingerprint density at radius 2 is 1.74 bits per heavy atom. The summed E-state index contributed by atoms with van der Waals surface area (Å²) in [5.74, 6) is 1.56. The highest BCUT2D eigenvalue weighted by atomic mass is 19.0. The number of aromatic nitrogens is 2. The molecule has 2 aromatic heterocycles. The molecule has 1 atom stereocenters. The zero-order chi connectivity index (χ0) is 23.2. The van der Waals surface area contributed by atoms with Crippen molar-refractivity contribution < 1.29 is 20.2 Å². The number of benzene rings is 2. The van der Waals surface area contributed by atoms with E-state index in [1.54, 1.807) is 6.20 Å². The molecule has 1 aliphatic heterocycles. The van der Waals surface area contributed by atoms with Crippen LogP contribution in [0.25, 0.3) is 11.1 Å². The number of halogens is 1.